The maximum absolute atomic E-state index is 14.2. The quantitative estimate of drug-likeness (QED) is 0.640. The molecule has 30 heavy (non-hydrogen) atoms. The van der Waals surface area contributed by atoms with Crippen LogP contribution in [0.2, 0.25) is 0 Å². The van der Waals surface area contributed by atoms with Crippen molar-refractivity contribution in [2.45, 2.75) is 64.3 Å². The van der Waals surface area contributed by atoms with Gasteiger partial charge in [0.1, 0.15) is 11.3 Å². The average molecular weight is 439 g/mol. The van der Waals surface area contributed by atoms with Crippen LogP contribution in [0, 0.1) is 0 Å². The summed E-state index contributed by atoms with van der Waals surface area (Å²) in [6.07, 6.45) is -7.05. The van der Waals surface area contributed by atoms with Crippen molar-refractivity contribution >= 4 is 23.6 Å². The molecule has 2 rings (SSSR count). The Balaban J connectivity index is 2.31. The molecule has 1 aromatic rings. The Morgan fingerprint density at radius 2 is 1.73 bits per heavy atom. The van der Waals surface area contributed by atoms with Gasteiger partial charge in [0, 0.05) is 13.0 Å². The summed E-state index contributed by atoms with van der Waals surface area (Å²) in [4.78, 5) is 28.8. The highest BCUT2D eigenvalue weighted by atomic mass is 19.4. The molecule has 1 aromatic heterocycles. The van der Waals surface area contributed by atoms with Gasteiger partial charge >= 0.3 is 18.4 Å². The molecule has 0 fully saturated rings. The third-order valence-electron chi connectivity index (χ3n) is 4.05. The van der Waals surface area contributed by atoms with Crippen LogP contribution in [0.25, 0.3) is 0 Å². The monoisotopic (exact) mass is 439 g/mol. The van der Waals surface area contributed by atoms with Crippen LogP contribution in [0.15, 0.2) is 12.3 Å². The van der Waals surface area contributed by atoms with Crippen molar-refractivity contribution in [3.8, 4) is 0 Å². The van der Waals surface area contributed by atoms with E-state index in [1.54, 1.807) is 20.8 Å². The van der Waals surface area contributed by atoms with Crippen molar-refractivity contribution in [2.24, 2.45) is 0 Å². The van der Waals surface area contributed by atoms with Crippen molar-refractivity contribution in [3.63, 3.8) is 0 Å². The standard InChI is InChI=1S/C18H22F5N3O4/c1-15(2,3)30-14(28)26-7-6-17(19,20)12-11(26)8-10(9-24-12)25-13(27)29-16(4,5)18(21,22)23/h8-9H,6-7H2,1-5H3,(H,25,27). The van der Waals surface area contributed by atoms with Crippen LogP contribution in [0.5, 0.6) is 0 Å². The molecule has 0 unspecified atom stereocenters. The average Bonchev–Trinajstić information content (AvgIpc) is 2.51. The number of carbonyl (C=O) groups is 2. The highest BCUT2D eigenvalue weighted by Crippen LogP contribution is 2.42. The third-order valence-corrected chi connectivity index (χ3v) is 4.05. The second-order valence-electron chi connectivity index (χ2n) is 8.20. The molecule has 0 saturated heterocycles. The van der Waals surface area contributed by atoms with Gasteiger partial charge in [0.25, 0.3) is 5.92 Å². The van der Waals surface area contributed by atoms with Gasteiger partial charge in [0.15, 0.2) is 0 Å². The van der Waals surface area contributed by atoms with Crippen molar-refractivity contribution in [2.75, 3.05) is 16.8 Å². The van der Waals surface area contributed by atoms with Gasteiger partial charge in [-0.25, -0.2) is 9.59 Å². The van der Waals surface area contributed by atoms with E-state index >= 15 is 0 Å². The largest absolute Gasteiger partial charge is 0.443 e. The van der Waals surface area contributed by atoms with Gasteiger partial charge in [-0.05, 0) is 40.7 Å². The predicted octanol–water partition coefficient (Wildman–Crippen LogP) is 5.21. The number of hydrogen-bond acceptors (Lipinski definition) is 5. The number of nitrogens with one attached hydrogen (secondary N) is 1. The van der Waals surface area contributed by atoms with E-state index in [2.05, 4.69) is 9.72 Å². The van der Waals surface area contributed by atoms with Crippen molar-refractivity contribution in [3.05, 3.63) is 18.0 Å². The van der Waals surface area contributed by atoms with Gasteiger partial charge in [-0.1, -0.05) is 0 Å². The predicted molar refractivity (Wildman–Crippen MR) is 96.6 cm³/mol. The number of anilines is 2. The molecule has 0 atom stereocenters. The molecule has 1 aliphatic heterocycles. The van der Waals surface area contributed by atoms with E-state index in [1.165, 1.54) is 0 Å². The van der Waals surface area contributed by atoms with E-state index < -0.39 is 47.6 Å². The molecule has 0 bridgehead atoms. The summed E-state index contributed by atoms with van der Waals surface area (Å²) >= 11 is 0. The summed E-state index contributed by atoms with van der Waals surface area (Å²) in [5, 5.41) is 2.01. The SMILES string of the molecule is CC(C)(C)OC(=O)N1CCC(F)(F)c2ncc(NC(=O)OC(C)(C)C(F)(F)F)cc21. The summed E-state index contributed by atoms with van der Waals surface area (Å²) < 4.78 is 76.6. The molecule has 0 aromatic carbocycles. The number of amides is 2. The molecular weight excluding hydrogens is 417 g/mol. The molecular formula is C18H22F5N3O4. The first-order chi connectivity index (χ1) is 13.4. The van der Waals surface area contributed by atoms with E-state index in [1.807, 2.05) is 5.32 Å². The zero-order chi connectivity index (χ0) is 23.1. The summed E-state index contributed by atoms with van der Waals surface area (Å²) in [5.41, 5.74) is -4.95. The first kappa shape index (κ1) is 23.6. The van der Waals surface area contributed by atoms with Crippen LogP contribution in [-0.4, -0.2) is 41.1 Å². The molecule has 0 saturated carbocycles. The lowest BCUT2D eigenvalue weighted by Crippen LogP contribution is -2.44. The van der Waals surface area contributed by atoms with Crippen LogP contribution in [0.3, 0.4) is 0 Å². The zero-order valence-electron chi connectivity index (χ0n) is 17.0. The lowest BCUT2D eigenvalue weighted by Gasteiger charge is -2.34. The maximum Gasteiger partial charge on any atom is 0.427 e. The second kappa shape index (κ2) is 7.55. The molecule has 12 heteroatoms. The molecule has 1 aliphatic rings. The van der Waals surface area contributed by atoms with Crippen molar-refractivity contribution in [1.29, 1.82) is 0 Å². The molecule has 168 valence electrons. The normalized spacial score (nSPS) is 16.5. The summed E-state index contributed by atoms with van der Waals surface area (Å²) in [6.45, 7) is 5.72. The number of ether oxygens (including phenoxy) is 2. The first-order valence-electron chi connectivity index (χ1n) is 8.88. The topological polar surface area (TPSA) is 80.8 Å². The van der Waals surface area contributed by atoms with E-state index in [0.29, 0.717) is 13.8 Å². The molecule has 2 heterocycles. The molecule has 0 spiro atoms. The van der Waals surface area contributed by atoms with E-state index in [0.717, 1.165) is 17.2 Å². The number of pyridine rings is 1. The number of aromatic nitrogens is 1. The summed E-state index contributed by atoms with van der Waals surface area (Å²) in [5.74, 6) is -3.34. The minimum absolute atomic E-state index is 0.233. The number of hydrogen-bond donors (Lipinski definition) is 1. The lowest BCUT2D eigenvalue weighted by atomic mass is 10.0. The number of carbonyl (C=O) groups excluding carboxylic acids is 2. The molecule has 0 aliphatic carbocycles. The molecule has 2 amide bonds. The molecule has 0 radical (unpaired) electrons. The Morgan fingerprint density at radius 1 is 1.13 bits per heavy atom. The summed E-state index contributed by atoms with van der Waals surface area (Å²) in [6, 6.07) is 1.00. The van der Waals surface area contributed by atoms with Gasteiger partial charge in [0.2, 0.25) is 5.60 Å². The highest BCUT2D eigenvalue weighted by molar-refractivity contribution is 5.92. The number of nitrogens with zero attached hydrogens (tertiary/aromatic N) is 2. The Hall–Kier alpha value is -2.66. The highest BCUT2D eigenvalue weighted by Gasteiger charge is 2.51. The fourth-order valence-electron chi connectivity index (χ4n) is 2.44. The fraction of sp³-hybridized carbons (Fsp3) is 0.611. The Kier molecular flexibility index (Phi) is 5.94. The minimum Gasteiger partial charge on any atom is -0.443 e. The van der Waals surface area contributed by atoms with Crippen LogP contribution in [0.1, 0.15) is 46.7 Å². The third kappa shape index (κ3) is 5.28. The number of rotatable bonds is 2. The van der Waals surface area contributed by atoms with Gasteiger partial charge < -0.3 is 9.47 Å². The van der Waals surface area contributed by atoms with Gasteiger partial charge in [-0.2, -0.15) is 22.0 Å². The molecule has 7 nitrogen and oxygen atoms in total. The zero-order valence-corrected chi connectivity index (χ0v) is 17.0. The summed E-state index contributed by atoms with van der Waals surface area (Å²) in [7, 11) is 0. The maximum atomic E-state index is 14.2. The van der Waals surface area contributed by atoms with E-state index in [4.69, 9.17) is 4.74 Å². The van der Waals surface area contributed by atoms with Crippen LogP contribution >= 0.6 is 0 Å². The van der Waals surface area contributed by atoms with Crippen LogP contribution in [0.4, 0.5) is 42.9 Å². The van der Waals surface area contributed by atoms with Gasteiger partial charge in [-0.15, -0.1) is 0 Å². The minimum atomic E-state index is -4.83. The van der Waals surface area contributed by atoms with Crippen molar-refractivity contribution < 1.29 is 41.0 Å². The Bertz CT molecular complexity index is 834. The second-order valence-corrected chi connectivity index (χ2v) is 8.20. The number of alkyl halides is 5. The van der Waals surface area contributed by atoms with E-state index in [9.17, 15) is 31.5 Å². The lowest BCUT2D eigenvalue weighted by molar-refractivity contribution is -0.242. The van der Waals surface area contributed by atoms with Gasteiger partial charge in [-0.3, -0.25) is 15.2 Å². The van der Waals surface area contributed by atoms with Crippen molar-refractivity contribution in [1.82, 2.24) is 4.98 Å². The molecule has 1 N–H and O–H groups in total. The number of fused-ring (bicyclic) bond motifs is 1. The smallest absolute Gasteiger partial charge is 0.427 e. The number of halogens is 5. The van der Waals surface area contributed by atoms with Crippen LogP contribution in [-0.2, 0) is 15.4 Å². The fourth-order valence-corrected chi connectivity index (χ4v) is 2.44. The Labute approximate surface area is 169 Å². The Morgan fingerprint density at radius 3 is 2.27 bits per heavy atom. The van der Waals surface area contributed by atoms with Crippen LogP contribution < -0.4 is 10.2 Å². The first-order valence-corrected chi connectivity index (χ1v) is 8.88. The van der Waals surface area contributed by atoms with E-state index in [-0.39, 0.29) is 17.9 Å². The van der Waals surface area contributed by atoms with Gasteiger partial charge in [0.05, 0.1) is 17.6 Å².